The Morgan fingerprint density at radius 1 is 1.35 bits per heavy atom. The van der Waals surface area contributed by atoms with Crippen LogP contribution in [-0.4, -0.2) is 9.78 Å². The second kappa shape index (κ2) is 6.18. The average molecular weight is 294 g/mol. The Bertz CT molecular complexity index is 607. The first-order valence-corrected chi connectivity index (χ1v) is 7.17. The van der Waals surface area contributed by atoms with Crippen molar-refractivity contribution in [1.82, 2.24) is 9.78 Å². The first-order valence-electron chi connectivity index (χ1n) is 6.79. The molecule has 2 rings (SSSR count). The van der Waals surface area contributed by atoms with Gasteiger partial charge in [0.25, 0.3) is 0 Å². The summed E-state index contributed by atoms with van der Waals surface area (Å²) < 4.78 is 7.70. The van der Waals surface area contributed by atoms with Gasteiger partial charge in [0.05, 0.1) is 22.1 Å². The number of aromatic nitrogens is 2. The zero-order chi connectivity index (χ0) is 14.7. The minimum absolute atomic E-state index is 0.368. The summed E-state index contributed by atoms with van der Waals surface area (Å²) in [6.07, 6.45) is 0.811. The molecule has 0 aliphatic rings. The molecule has 0 spiro atoms. The van der Waals surface area contributed by atoms with Crippen LogP contribution in [0.3, 0.4) is 0 Å². The maximum Gasteiger partial charge on any atom is 0.143 e. The van der Waals surface area contributed by atoms with E-state index < -0.39 is 0 Å². The maximum atomic E-state index is 6.35. The summed E-state index contributed by atoms with van der Waals surface area (Å²) in [6, 6.07) is 5.73. The SMILES string of the molecule is CCc1nn(CC)c(COc2cc(C)ccc2N)c1Cl. The summed E-state index contributed by atoms with van der Waals surface area (Å²) >= 11 is 6.35. The molecule has 0 aliphatic heterocycles. The maximum absolute atomic E-state index is 6.35. The number of halogens is 1. The van der Waals surface area contributed by atoms with Crippen LogP contribution in [0.4, 0.5) is 5.69 Å². The third kappa shape index (κ3) is 2.90. The smallest absolute Gasteiger partial charge is 0.143 e. The molecule has 0 saturated carbocycles. The number of nitrogen functional groups attached to an aromatic ring is 1. The highest BCUT2D eigenvalue weighted by Crippen LogP contribution is 2.26. The molecule has 2 N–H and O–H groups in total. The second-order valence-electron chi connectivity index (χ2n) is 4.71. The highest BCUT2D eigenvalue weighted by molar-refractivity contribution is 6.31. The number of ether oxygens (including phenoxy) is 1. The van der Waals surface area contributed by atoms with Crippen molar-refractivity contribution in [1.29, 1.82) is 0 Å². The molecule has 0 bridgehead atoms. The largest absolute Gasteiger partial charge is 0.485 e. The molecule has 1 heterocycles. The lowest BCUT2D eigenvalue weighted by atomic mass is 10.2. The topological polar surface area (TPSA) is 53.1 Å². The molecule has 1 aromatic heterocycles. The van der Waals surface area contributed by atoms with Gasteiger partial charge in [0.15, 0.2) is 0 Å². The van der Waals surface area contributed by atoms with Crippen molar-refractivity contribution in [2.24, 2.45) is 0 Å². The molecule has 108 valence electrons. The lowest BCUT2D eigenvalue weighted by molar-refractivity contribution is 0.294. The number of anilines is 1. The lowest BCUT2D eigenvalue weighted by Gasteiger charge is -2.11. The van der Waals surface area contributed by atoms with Crippen LogP contribution in [0.1, 0.15) is 30.8 Å². The molecule has 0 amide bonds. The van der Waals surface area contributed by atoms with Crippen LogP contribution in [0.5, 0.6) is 5.75 Å². The summed E-state index contributed by atoms with van der Waals surface area (Å²) in [5.74, 6) is 0.683. The molecule has 0 unspecified atom stereocenters. The molecule has 0 atom stereocenters. The van der Waals surface area contributed by atoms with Crippen molar-refractivity contribution in [3.63, 3.8) is 0 Å². The summed E-state index contributed by atoms with van der Waals surface area (Å²) in [7, 11) is 0. The van der Waals surface area contributed by atoms with Crippen LogP contribution in [0.25, 0.3) is 0 Å². The van der Waals surface area contributed by atoms with E-state index in [-0.39, 0.29) is 0 Å². The second-order valence-corrected chi connectivity index (χ2v) is 5.08. The van der Waals surface area contributed by atoms with Crippen molar-refractivity contribution < 1.29 is 4.74 Å². The number of nitrogens with zero attached hydrogens (tertiary/aromatic N) is 2. The van der Waals surface area contributed by atoms with E-state index >= 15 is 0 Å². The molecule has 0 aliphatic carbocycles. The minimum atomic E-state index is 0.368. The summed E-state index contributed by atoms with van der Waals surface area (Å²) in [4.78, 5) is 0. The van der Waals surface area contributed by atoms with Gasteiger partial charge in [-0.3, -0.25) is 4.68 Å². The van der Waals surface area contributed by atoms with Crippen molar-refractivity contribution in [3.05, 3.63) is 40.2 Å². The fraction of sp³-hybridized carbons (Fsp3) is 0.400. The van der Waals surface area contributed by atoms with Crippen LogP contribution < -0.4 is 10.5 Å². The Kier molecular flexibility index (Phi) is 4.55. The molecule has 5 heteroatoms. The minimum Gasteiger partial charge on any atom is -0.485 e. The number of rotatable bonds is 5. The molecule has 0 saturated heterocycles. The van der Waals surface area contributed by atoms with E-state index in [2.05, 4.69) is 5.10 Å². The lowest BCUT2D eigenvalue weighted by Crippen LogP contribution is -2.07. The summed E-state index contributed by atoms with van der Waals surface area (Å²) in [6.45, 7) is 7.21. The predicted octanol–water partition coefficient (Wildman–Crippen LogP) is 3.59. The van der Waals surface area contributed by atoms with Crippen molar-refractivity contribution in [3.8, 4) is 5.75 Å². The number of hydrogen-bond donors (Lipinski definition) is 1. The van der Waals surface area contributed by atoms with E-state index in [0.717, 1.165) is 29.9 Å². The molecule has 20 heavy (non-hydrogen) atoms. The Labute approximate surface area is 124 Å². The van der Waals surface area contributed by atoms with Crippen molar-refractivity contribution in [2.75, 3.05) is 5.73 Å². The molecule has 0 fully saturated rings. The van der Waals surface area contributed by atoms with Gasteiger partial charge in [-0.05, 0) is 38.0 Å². The zero-order valence-electron chi connectivity index (χ0n) is 12.1. The van der Waals surface area contributed by atoms with Crippen LogP contribution in [-0.2, 0) is 19.6 Å². The molecule has 2 aromatic rings. The Morgan fingerprint density at radius 3 is 2.75 bits per heavy atom. The predicted molar refractivity (Wildman–Crippen MR) is 82.2 cm³/mol. The Balaban J connectivity index is 2.22. The van der Waals surface area contributed by atoms with Crippen LogP contribution in [0.15, 0.2) is 18.2 Å². The molecule has 4 nitrogen and oxygen atoms in total. The highest BCUT2D eigenvalue weighted by Gasteiger charge is 2.15. The molecule has 1 aromatic carbocycles. The van der Waals surface area contributed by atoms with Gasteiger partial charge in [-0.1, -0.05) is 24.6 Å². The highest BCUT2D eigenvalue weighted by atomic mass is 35.5. The number of nitrogens with two attached hydrogens (primary N) is 1. The third-order valence-electron chi connectivity index (χ3n) is 3.23. The summed E-state index contributed by atoms with van der Waals surface area (Å²) in [5.41, 5.74) is 9.45. The van der Waals surface area contributed by atoms with Gasteiger partial charge in [-0.25, -0.2) is 0 Å². The third-order valence-corrected chi connectivity index (χ3v) is 3.66. The molecular formula is C15H20ClN3O. The van der Waals surface area contributed by atoms with E-state index in [1.165, 1.54) is 0 Å². The zero-order valence-corrected chi connectivity index (χ0v) is 12.9. The summed E-state index contributed by atoms with van der Waals surface area (Å²) in [5, 5.41) is 5.17. The van der Waals surface area contributed by atoms with E-state index in [0.29, 0.717) is 23.1 Å². The molecular weight excluding hydrogens is 274 g/mol. The van der Waals surface area contributed by atoms with Gasteiger partial charge < -0.3 is 10.5 Å². The van der Waals surface area contributed by atoms with Crippen LogP contribution >= 0.6 is 11.6 Å². The van der Waals surface area contributed by atoms with E-state index in [9.17, 15) is 0 Å². The monoisotopic (exact) mass is 293 g/mol. The van der Waals surface area contributed by atoms with E-state index in [1.54, 1.807) is 0 Å². The van der Waals surface area contributed by atoms with Crippen molar-refractivity contribution >= 4 is 17.3 Å². The number of aryl methyl sites for hydroxylation is 3. The van der Waals surface area contributed by atoms with Crippen LogP contribution in [0.2, 0.25) is 5.02 Å². The number of hydrogen-bond acceptors (Lipinski definition) is 3. The Morgan fingerprint density at radius 2 is 2.10 bits per heavy atom. The van der Waals surface area contributed by atoms with E-state index in [1.807, 2.05) is 43.7 Å². The fourth-order valence-corrected chi connectivity index (χ4v) is 2.39. The van der Waals surface area contributed by atoms with Gasteiger partial charge in [0.1, 0.15) is 12.4 Å². The quantitative estimate of drug-likeness (QED) is 0.857. The van der Waals surface area contributed by atoms with Gasteiger partial charge >= 0.3 is 0 Å². The Hall–Kier alpha value is -1.68. The molecule has 0 radical (unpaired) electrons. The first-order chi connectivity index (χ1) is 9.56. The van der Waals surface area contributed by atoms with Crippen molar-refractivity contribution in [2.45, 2.75) is 40.3 Å². The van der Waals surface area contributed by atoms with Gasteiger partial charge in [-0.2, -0.15) is 5.10 Å². The average Bonchev–Trinajstić information content (AvgIpc) is 2.75. The number of benzene rings is 1. The van der Waals surface area contributed by atoms with Gasteiger partial charge in [0.2, 0.25) is 0 Å². The van der Waals surface area contributed by atoms with Gasteiger partial charge in [0, 0.05) is 6.54 Å². The first kappa shape index (κ1) is 14.7. The van der Waals surface area contributed by atoms with Gasteiger partial charge in [-0.15, -0.1) is 0 Å². The van der Waals surface area contributed by atoms with Crippen LogP contribution in [0, 0.1) is 6.92 Å². The van der Waals surface area contributed by atoms with E-state index in [4.69, 9.17) is 22.1 Å². The standard InChI is InChI=1S/C15H20ClN3O/c1-4-12-15(16)13(19(5-2)18-12)9-20-14-8-10(3)6-7-11(14)17/h6-8H,4-5,9,17H2,1-3H3. The fourth-order valence-electron chi connectivity index (χ4n) is 2.07. The normalized spacial score (nSPS) is 10.8.